The van der Waals surface area contributed by atoms with Crippen LogP contribution in [0.2, 0.25) is 0 Å². The quantitative estimate of drug-likeness (QED) is 0.669. The van der Waals surface area contributed by atoms with Gasteiger partial charge in [-0.1, -0.05) is 13.0 Å². The Morgan fingerprint density at radius 2 is 1.95 bits per heavy atom. The van der Waals surface area contributed by atoms with Gasteiger partial charge < -0.3 is 9.47 Å². The average Bonchev–Trinajstić information content (AvgIpc) is 2.32. The third-order valence-corrected chi connectivity index (χ3v) is 2.47. The summed E-state index contributed by atoms with van der Waals surface area (Å²) in [5, 5.41) is 0. The highest BCUT2D eigenvalue weighted by atomic mass is 19.3. The minimum Gasteiger partial charge on any atom is -0.490 e. The molecule has 1 rings (SSSR count). The Morgan fingerprint density at radius 3 is 2.58 bits per heavy atom. The maximum atomic E-state index is 13.4. The highest BCUT2D eigenvalue weighted by Crippen LogP contribution is 2.22. The molecule has 1 aromatic carbocycles. The van der Waals surface area contributed by atoms with Crippen molar-refractivity contribution in [1.29, 1.82) is 0 Å². The molecule has 0 atom stereocenters. The van der Waals surface area contributed by atoms with Gasteiger partial charge in [0.05, 0.1) is 6.61 Å². The largest absolute Gasteiger partial charge is 0.490 e. The fourth-order valence-corrected chi connectivity index (χ4v) is 1.47. The lowest BCUT2D eigenvalue weighted by atomic mass is 10.2. The number of hydrogen-bond donors (Lipinski definition) is 0. The smallest absolute Gasteiger partial charge is 0.274 e. The second kappa shape index (κ2) is 7.38. The molecule has 2 nitrogen and oxygen atoms in total. The Hall–Kier alpha value is -1.23. The molecular weight excluding hydrogens is 257 g/mol. The first-order valence-corrected chi connectivity index (χ1v) is 6.29. The minimum absolute atomic E-state index is 0.00382. The summed E-state index contributed by atoms with van der Waals surface area (Å²) in [5.74, 6) is -3.49. The Kier molecular flexibility index (Phi) is 6.15. The van der Waals surface area contributed by atoms with Crippen LogP contribution in [0.1, 0.15) is 25.3 Å². The Labute approximate surface area is 111 Å². The number of ether oxygens (including phenoxy) is 2. The van der Waals surface area contributed by atoms with Gasteiger partial charge in [0, 0.05) is 13.0 Å². The van der Waals surface area contributed by atoms with Crippen LogP contribution in [0.3, 0.4) is 0 Å². The van der Waals surface area contributed by atoms with Crippen LogP contribution in [0.25, 0.3) is 0 Å². The molecule has 0 saturated carbocycles. The van der Waals surface area contributed by atoms with E-state index in [4.69, 9.17) is 9.47 Å². The van der Waals surface area contributed by atoms with Crippen molar-refractivity contribution in [2.24, 2.45) is 0 Å². The van der Waals surface area contributed by atoms with Crippen molar-refractivity contribution in [3.8, 4) is 5.75 Å². The summed E-state index contributed by atoms with van der Waals surface area (Å²) in [6.07, 6.45) is 0.200. The molecule has 0 saturated heterocycles. The van der Waals surface area contributed by atoms with Crippen LogP contribution < -0.4 is 4.74 Å². The van der Waals surface area contributed by atoms with Crippen molar-refractivity contribution >= 4 is 0 Å². The number of aryl methyl sites for hydroxylation is 1. The normalized spacial score (nSPS) is 11.6. The first-order chi connectivity index (χ1) is 8.94. The number of benzene rings is 1. The molecule has 0 N–H and O–H groups in total. The van der Waals surface area contributed by atoms with Crippen LogP contribution in [-0.4, -0.2) is 25.7 Å². The summed E-state index contributed by atoms with van der Waals surface area (Å²) < 4.78 is 49.8. The molecule has 0 aromatic heterocycles. The lowest BCUT2D eigenvalue weighted by Gasteiger charge is -2.16. The van der Waals surface area contributed by atoms with Gasteiger partial charge in [0.2, 0.25) is 0 Å². The molecule has 0 radical (unpaired) electrons. The molecule has 5 heteroatoms. The van der Waals surface area contributed by atoms with Crippen LogP contribution in [0.4, 0.5) is 13.2 Å². The number of hydrogen-bond acceptors (Lipinski definition) is 2. The van der Waals surface area contributed by atoms with E-state index < -0.39 is 24.8 Å². The lowest BCUT2D eigenvalue weighted by Crippen LogP contribution is -2.26. The van der Waals surface area contributed by atoms with E-state index in [1.807, 2.05) is 6.92 Å². The fourth-order valence-electron chi connectivity index (χ4n) is 1.47. The van der Waals surface area contributed by atoms with Gasteiger partial charge in [0.25, 0.3) is 5.92 Å². The van der Waals surface area contributed by atoms with E-state index >= 15 is 0 Å². The summed E-state index contributed by atoms with van der Waals surface area (Å²) in [6.45, 7) is 3.03. The average molecular weight is 276 g/mol. The molecule has 0 spiro atoms. The predicted octanol–water partition coefficient (Wildman–Crippen LogP) is 3.96. The predicted molar refractivity (Wildman–Crippen MR) is 67.3 cm³/mol. The number of halogens is 3. The summed E-state index contributed by atoms with van der Waals surface area (Å²) in [6, 6.07) is 4.41. The summed E-state index contributed by atoms with van der Waals surface area (Å²) in [5.41, 5.74) is 0.753. The third kappa shape index (κ3) is 5.96. The zero-order valence-corrected chi connectivity index (χ0v) is 11.2. The molecule has 0 aliphatic rings. The monoisotopic (exact) mass is 276 g/mol. The second-order valence-corrected chi connectivity index (χ2v) is 4.44. The van der Waals surface area contributed by atoms with Gasteiger partial charge in [-0.05, 0) is 31.0 Å². The van der Waals surface area contributed by atoms with Crippen molar-refractivity contribution in [3.05, 3.63) is 29.6 Å². The molecule has 0 unspecified atom stereocenters. The lowest BCUT2D eigenvalue weighted by molar-refractivity contribution is -0.0875. The molecule has 0 amide bonds. The van der Waals surface area contributed by atoms with Gasteiger partial charge in [-0.25, -0.2) is 13.2 Å². The highest BCUT2D eigenvalue weighted by Gasteiger charge is 2.29. The zero-order valence-electron chi connectivity index (χ0n) is 11.2. The molecule has 108 valence electrons. The first-order valence-electron chi connectivity index (χ1n) is 6.29. The molecule has 0 heterocycles. The van der Waals surface area contributed by atoms with Crippen molar-refractivity contribution in [3.63, 3.8) is 0 Å². The maximum absolute atomic E-state index is 13.4. The summed E-state index contributed by atoms with van der Waals surface area (Å²) in [4.78, 5) is 0. The Morgan fingerprint density at radius 1 is 1.21 bits per heavy atom. The van der Waals surface area contributed by atoms with Gasteiger partial charge >= 0.3 is 0 Å². The second-order valence-electron chi connectivity index (χ2n) is 4.44. The standard InChI is InChI=1S/C14H19F3O2/c1-3-7-18-10-14(16,17)6-8-19-13-5-4-11(2)9-12(13)15/h4-5,9H,3,6-8,10H2,1-2H3. The molecule has 0 aliphatic carbocycles. The SMILES string of the molecule is CCCOCC(F)(F)CCOc1ccc(C)cc1F. The van der Waals surface area contributed by atoms with E-state index in [9.17, 15) is 13.2 Å². The number of rotatable bonds is 8. The van der Waals surface area contributed by atoms with E-state index in [1.54, 1.807) is 13.0 Å². The molecule has 19 heavy (non-hydrogen) atoms. The topological polar surface area (TPSA) is 18.5 Å². The van der Waals surface area contributed by atoms with E-state index in [1.165, 1.54) is 12.1 Å². The van der Waals surface area contributed by atoms with Gasteiger partial charge in [-0.3, -0.25) is 0 Å². The van der Waals surface area contributed by atoms with Gasteiger partial charge in [-0.15, -0.1) is 0 Å². The van der Waals surface area contributed by atoms with E-state index in [0.717, 1.165) is 5.56 Å². The van der Waals surface area contributed by atoms with Crippen molar-refractivity contribution < 1.29 is 22.6 Å². The Bertz CT molecular complexity index is 394. The van der Waals surface area contributed by atoms with Crippen molar-refractivity contribution in [1.82, 2.24) is 0 Å². The third-order valence-electron chi connectivity index (χ3n) is 2.47. The summed E-state index contributed by atoms with van der Waals surface area (Å²) >= 11 is 0. The minimum atomic E-state index is -2.95. The molecule has 1 aromatic rings. The van der Waals surface area contributed by atoms with E-state index in [0.29, 0.717) is 13.0 Å². The van der Waals surface area contributed by atoms with E-state index in [-0.39, 0.29) is 12.4 Å². The van der Waals surface area contributed by atoms with Gasteiger partial charge in [-0.2, -0.15) is 0 Å². The zero-order chi connectivity index (χ0) is 14.3. The van der Waals surface area contributed by atoms with Crippen LogP contribution in [0, 0.1) is 12.7 Å². The van der Waals surface area contributed by atoms with Crippen molar-refractivity contribution in [2.75, 3.05) is 19.8 Å². The Balaban J connectivity index is 2.36. The van der Waals surface area contributed by atoms with Crippen LogP contribution in [0.15, 0.2) is 18.2 Å². The number of alkyl halides is 2. The molecular formula is C14H19F3O2. The maximum Gasteiger partial charge on any atom is 0.274 e. The van der Waals surface area contributed by atoms with Gasteiger partial charge in [0.1, 0.15) is 6.61 Å². The molecule has 0 bridgehead atoms. The van der Waals surface area contributed by atoms with E-state index in [2.05, 4.69) is 0 Å². The summed E-state index contributed by atoms with van der Waals surface area (Å²) in [7, 11) is 0. The van der Waals surface area contributed by atoms with Crippen LogP contribution >= 0.6 is 0 Å². The fraction of sp³-hybridized carbons (Fsp3) is 0.571. The molecule has 0 fully saturated rings. The first kappa shape index (κ1) is 15.8. The highest BCUT2D eigenvalue weighted by molar-refractivity contribution is 5.28. The molecule has 0 aliphatic heterocycles. The van der Waals surface area contributed by atoms with Crippen LogP contribution in [-0.2, 0) is 4.74 Å². The van der Waals surface area contributed by atoms with Gasteiger partial charge in [0.15, 0.2) is 11.6 Å². The van der Waals surface area contributed by atoms with Crippen molar-refractivity contribution in [2.45, 2.75) is 32.6 Å². The van der Waals surface area contributed by atoms with Crippen LogP contribution in [0.5, 0.6) is 5.75 Å².